The van der Waals surface area contributed by atoms with E-state index in [0.717, 1.165) is 32.0 Å². The van der Waals surface area contributed by atoms with E-state index in [1.54, 1.807) is 0 Å². The maximum absolute atomic E-state index is 12.9. The standard InChI is InChI=1S/C25H32O5/c1-14(2)16-7-9-23(3)10-11-24(4)17(20(16)23)6-5-15(13-26)19-21(24)30-22-25(19,28)18(27)8-12-29-22/h5-6,13-14,19,21-22,28H,7-12H2,1-4H3/t19-,21+,22+,23-,24-,25+/m1/s1. The first-order valence-corrected chi connectivity index (χ1v) is 11.3. The van der Waals surface area contributed by atoms with Gasteiger partial charge >= 0.3 is 0 Å². The summed E-state index contributed by atoms with van der Waals surface area (Å²) in [6, 6.07) is 0. The van der Waals surface area contributed by atoms with Crippen LogP contribution in [0.5, 0.6) is 0 Å². The monoisotopic (exact) mass is 412 g/mol. The van der Waals surface area contributed by atoms with Crippen LogP contribution < -0.4 is 0 Å². The lowest BCUT2D eigenvalue weighted by molar-refractivity contribution is -0.223. The van der Waals surface area contributed by atoms with Crippen LogP contribution in [0, 0.1) is 22.7 Å². The minimum atomic E-state index is -1.80. The molecule has 5 aliphatic rings. The van der Waals surface area contributed by atoms with E-state index < -0.39 is 29.3 Å². The first-order valence-electron chi connectivity index (χ1n) is 11.3. The summed E-state index contributed by atoms with van der Waals surface area (Å²) in [5.74, 6) is -0.533. The number of carbonyl (C=O) groups is 2. The van der Waals surface area contributed by atoms with Crippen molar-refractivity contribution in [3.63, 3.8) is 0 Å². The second kappa shape index (κ2) is 6.47. The van der Waals surface area contributed by atoms with Gasteiger partial charge in [0.15, 0.2) is 17.7 Å². The number of aliphatic hydroxyl groups is 1. The van der Waals surface area contributed by atoms with Gasteiger partial charge in [-0.2, -0.15) is 0 Å². The van der Waals surface area contributed by atoms with E-state index in [0.29, 0.717) is 11.5 Å². The summed E-state index contributed by atoms with van der Waals surface area (Å²) < 4.78 is 12.1. The maximum atomic E-state index is 12.9. The number of aldehydes is 1. The highest BCUT2D eigenvalue weighted by atomic mass is 16.7. The lowest BCUT2D eigenvalue weighted by atomic mass is 9.56. The first kappa shape index (κ1) is 20.3. The van der Waals surface area contributed by atoms with Gasteiger partial charge in [0.1, 0.15) is 6.29 Å². The average Bonchev–Trinajstić information content (AvgIpc) is 3.17. The van der Waals surface area contributed by atoms with Gasteiger partial charge in [-0.3, -0.25) is 9.59 Å². The van der Waals surface area contributed by atoms with E-state index in [9.17, 15) is 14.7 Å². The van der Waals surface area contributed by atoms with Gasteiger partial charge in [-0.25, -0.2) is 0 Å². The van der Waals surface area contributed by atoms with Crippen molar-refractivity contribution in [2.75, 3.05) is 6.61 Å². The second-order valence-corrected chi connectivity index (χ2v) is 10.6. The smallest absolute Gasteiger partial charge is 0.194 e. The lowest BCUT2D eigenvalue weighted by Crippen LogP contribution is -2.57. The number of ether oxygens (including phenoxy) is 2. The fourth-order valence-corrected chi connectivity index (χ4v) is 6.86. The molecule has 0 aromatic carbocycles. The Hall–Kier alpha value is -1.56. The summed E-state index contributed by atoms with van der Waals surface area (Å²) in [4.78, 5) is 25.0. The molecule has 0 radical (unpaired) electrons. The maximum Gasteiger partial charge on any atom is 0.194 e. The Morgan fingerprint density at radius 1 is 1.17 bits per heavy atom. The van der Waals surface area contributed by atoms with Crippen molar-refractivity contribution in [3.05, 3.63) is 34.4 Å². The van der Waals surface area contributed by atoms with E-state index in [1.807, 2.05) is 6.08 Å². The molecule has 2 heterocycles. The predicted molar refractivity (Wildman–Crippen MR) is 111 cm³/mol. The Morgan fingerprint density at radius 3 is 2.63 bits per heavy atom. The fourth-order valence-electron chi connectivity index (χ4n) is 6.86. The Morgan fingerprint density at radius 2 is 1.93 bits per heavy atom. The van der Waals surface area contributed by atoms with Crippen molar-refractivity contribution >= 4 is 12.1 Å². The summed E-state index contributed by atoms with van der Waals surface area (Å²) in [5.41, 5.74) is 2.50. The van der Waals surface area contributed by atoms with Crippen LogP contribution in [-0.4, -0.2) is 41.8 Å². The van der Waals surface area contributed by atoms with E-state index in [4.69, 9.17) is 9.47 Å². The van der Waals surface area contributed by atoms with Gasteiger partial charge in [-0.15, -0.1) is 0 Å². The summed E-state index contributed by atoms with van der Waals surface area (Å²) in [7, 11) is 0. The molecule has 162 valence electrons. The molecular formula is C25H32O5. The Labute approximate surface area is 178 Å². The van der Waals surface area contributed by atoms with Gasteiger partial charge in [0.25, 0.3) is 0 Å². The molecule has 2 aliphatic heterocycles. The molecule has 0 aromatic rings. The molecule has 0 unspecified atom stereocenters. The highest BCUT2D eigenvalue weighted by molar-refractivity contribution is 5.92. The van der Waals surface area contributed by atoms with Crippen molar-refractivity contribution in [2.45, 2.75) is 77.8 Å². The molecule has 5 heteroatoms. The fraction of sp³-hybridized carbons (Fsp3) is 0.680. The highest BCUT2D eigenvalue weighted by Crippen LogP contribution is 2.65. The van der Waals surface area contributed by atoms with Crippen molar-refractivity contribution in [1.29, 1.82) is 0 Å². The summed E-state index contributed by atoms with van der Waals surface area (Å²) in [5, 5.41) is 11.5. The number of hydrogen-bond donors (Lipinski definition) is 1. The molecule has 0 aromatic heterocycles. The summed E-state index contributed by atoms with van der Waals surface area (Å²) in [6.07, 6.45) is 7.52. The third-order valence-electron chi connectivity index (χ3n) is 8.67. The van der Waals surface area contributed by atoms with E-state index in [1.165, 1.54) is 16.7 Å². The van der Waals surface area contributed by atoms with Gasteiger partial charge < -0.3 is 14.6 Å². The zero-order valence-electron chi connectivity index (χ0n) is 18.4. The van der Waals surface area contributed by atoms with Gasteiger partial charge in [0, 0.05) is 17.4 Å². The molecular weight excluding hydrogens is 380 g/mol. The van der Waals surface area contributed by atoms with E-state index >= 15 is 0 Å². The molecule has 0 amide bonds. The zero-order valence-corrected chi connectivity index (χ0v) is 18.4. The van der Waals surface area contributed by atoms with Gasteiger partial charge in [-0.1, -0.05) is 45.4 Å². The summed E-state index contributed by atoms with van der Waals surface area (Å²) >= 11 is 0. The molecule has 30 heavy (non-hydrogen) atoms. The first-order chi connectivity index (χ1) is 14.2. The third-order valence-corrected chi connectivity index (χ3v) is 8.67. The van der Waals surface area contributed by atoms with Crippen LogP contribution in [0.3, 0.4) is 0 Å². The van der Waals surface area contributed by atoms with Crippen molar-refractivity contribution in [1.82, 2.24) is 0 Å². The number of carbonyl (C=O) groups excluding carboxylic acids is 2. The second-order valence-electron chi connectivity index (χ2n) is 10.6. The molecule has 0 bridgehead atoms. The minimum absolute atomic E-state index is 0.133. The number of Topliss-reactive ketones (excluding diaryl/α,β-unsaturated/α-hetero) is 1. The molecule has 0 spiro atoms. The predicted octanol–water partition coefficient (Wildman–Crippen LogP) is 3.67. The van der Waals surface area contributed by atoms with Crippen LogP contribution in [0.15, 0.2) is 34.4 Å². The Balaban J connectivity index is 1.70. The molecule has 3 fully saturated rings. The largest absolute Gasteiger partial charge is 0.376 e. The topological polar surface area (TPSA) is 72.8 Å². The molecule has 6 atom stereocenters. The number of rotatable bonds is 2. The SMILES string of the molecule is CC(C)C1=C2C3=CC=C(C=O)[C@@H]4[C@H](O[C@@H]5OCCC(=O)[C@@]54O)[C@]3(C)CC[C@@]2(C)CC1. The van der Waals surface area contributed by atoms with Gasteiger partial charge in [0.05, 0.1) is 18.6 Å². The number of ketones is 1. The van der Waals surface area contributed by atoms with Crippen molar-refractivity contribution in [2.24, 2.45) is 22.7 Å². The average molecular weight is 413 g/mol. The van der Waals surface area contributed by atoms with Crippen LogP contribution in [-0.2, 0) is 19.1 Å². The molecule has 3 aliphatic carbocycles. The molecule has 2 saturated heterocycles. The molecule has 5 rings (SSSR count). The quantitative estimate of drug-likeness (QED) is 0.701. The van der Waals surface area contributed by atoms with Crippen LogP contribution >= 0.6 is 0 Å². The number of fused-ring (bicyclic) bond motifs is 7. The van der Waals surface area contributed by atoms with Crippen molar-refractivity contribution < 1.29 is 24.2 Å². The number of hydrogen-bond acceptors (Lipinski definition) is 5. The normalized spacial score (nSPS) is 45.3. The highest BCUT2D eigenvalue weighted by Gasteiger charge is 2.68. The van der Waals surface area contributed by atoms with E-state index in [-0.39, 0.29) is 24.2 Å². The number of allylic oxidation sites excluding steroid dienone is 4. The molecule has 5 nitrogen and oxygen atoms in total. The zero-order chi connectivity index (χ0) is 21.5. The van der Waals surface area contributed by atoms with Crippen molar-refractivity contribution in [3.8, 4) is 0 Å². The molecule has 1 N–H and O–H groups in total. The lowest BCUT2D eigenvalue weighted by Gasteiger charge is -2.49. The van der Waals surface area contributed by atoms with Gasteiger partial charge in [-0.05, 0) is 48.2 Å². The van der Waals surface area contributed by atoms with Crippen LogP contribution in [0.1, 0.15) is 59.8 Å². The minimum Gasteiger partial charge on any atom is -0.376 e. The summed E-state index contributed by atoms with van der Waals surface area (Å²) in [6.45, 7) is 9.29. The van der Waals surface area contributed by atoms with E-state index in [2.05, 4.69) is 33.8 Å². The molecule has 1 saturated carbocycles. The van der Waals surface area contributed by atoms with Gasteiger partial charge in [0.2, 0.25) is 0 Å². The Bertz CT molecular complexity index is 910. The van der Waals surface area contributed by atoms with Crippen LogP contribution in [0.25, 0.3) is 0 Å². The van der Waals surface area contributed by atoms with Crippen LogP contribution in [0.4, 0.5) is 0 Å². The van der Waals surface area contributed by atoms with Crippen LogP contribution in [0.2, 0.25) is 0 Å². The third kappa shape index (κ3) is 2.40. The Kier molecular flexibility index (Phi) is 4.39.